The van der Waals surface area contributed by atoms with Gasteiger partial charge in [-0.15, -0.1) is 0 Å². The normalized spacial score (nSPS) is 25.2. The quantitative estimate of drug-likeness (QED) is 0.340. The molecule has 2 aliphatic rings. The first-order valence-corrected chi connectivity index (χ1v) is 11.5. The molecule has 2 fully saturated rings. The number of rotatable bonds is 3. The molecule has 4 atom stereocenters. The van der Waals surface area contributed by atoms with Gasteiger partial charge < -0.3 is 4.74 Å². The summed E-state index contributed by atoms with van der Waals surface area (Å²) < 4.78 is 71.4. The Balaban J connectivity index is 1.41. The first-order chi connectivity index (χ1) is 15.7. The van der Waals surface area contributed by atoms with Gasteiger partial charge in [-0.1, -0.05) is 24.0 Å². The predicted molar refractivity (Wildman–Crippen MR) is 117 cm³/mol. The van der Waals surface area contributed by atoms with Crippen molar-refractivity contribution in [3.63, 3.8) is 0 Å². The molecule has 4 unspecified atom stereocenters. The number of halogens is 5. The molecular formula is C27H27F5O. The Kier molecular flexibility index (Phi) is 7.09. The van der Waals surface area contributed by atoms with Crippen LogP contribution in [0.15, 0.2) is 36.4 Å². The third-order valence-electron chi connectivity index (χ3n) is 7.03. The topological polar surface area (TPSA) is 9.23 Å². The first-order valence-electron chi connectivity index (χ1n) is 11.5. The zero-order chi connectivity index (χ0) is 23.6. The van der Waals surface area contributed by atoms with Gasteiger partial charge in [-0.2, -0.15) is 13.2 Å². The van der Waals surface area contributed by atoms with E-state index in [4.69, 9.17) is 4.74 Å². The van der Waals surface area contributed by atoms with Crippen LogP contribution in [0.25, 0.3) is 0 Å². The molecule has 2 aromatic rings. The SMILES string of the molecule is CCOC1CCC2CC(c3ccc(C#Cc4cc(F)c(C(F)(F)F)c(F)c4)cc3)CCC2C1. The standard InChI is InChI=1S/C27H27F5O/c1-2-33-23-12-11-21-15-20(9-10-22(21)16-23)19-7-5-17(6-8-19)3-4-18-13-24(28)26(25(29)14-18)27(30,31)32/h5-8,13-14,20-23H,2,9-12,15-16H2,1H3. The second kappa shape index (κ2) is 9.85. The second-order valence-corrected chi connectivity index (χ2v) is 9.11. The molecule has 0 radical (unpaired) electrons. The molecule has 0 saturated heterocycles. The molecule has 0 amide bonds. The van der Waals surface area contributed by atoms with E-state index in [1.54, 1.807) is 0 Å². The Labute approximate surface area is 191 Å². The molecule has 176 valence electrons. The molecule has 6 heteroatoms. The predicted octanol–water partition coefficient (Wildman–Crippen LogP) is 7.47. The molecule has 1 nitrogen and oxygen atoms in total. The lowest BCUT2D eigenvalue weighted by Gasteiger charge is -2.42. The van der Waals surface area contributed by atoms with E-state index in [1.807, 2.05) is 24.3 Å². The van der Waals surface area contributed by atoms with E-state index in [0.29, 0.717) is 29.7 Å². The second-order valence-electron chi connectivity index (χ2n) is 9.11. The van der Waals surface area contributed by atoms with Gasteiger partial charge in [0, 0.05) is 17.7 Å². The summed E-state index contributed by atoms with van der Waals surface area (Å²) in [7, 11) is 0. The summed E-state index contributed by atoms with van der Waals surface area (Å²) >= 11 is 0. The van der Waals surface area contributed by atoms with Gasteiger partial charge in [-0.25, -0.2) is 8.78 Å². The van der Waals surface area contributed by atoms with E-state index >= 15 is 0 Å². The lowest BCUT2D eigenvalue weighted by Crippen LogP contribution is -2.33. The summed E-state index contributed by atoms with van der Waals surface area (Å²) in [6.45, 7) is 2.83. The van der Waals surface area contributed by atoms with Gasteiger partial charge in [-0.3, -0.25) is 0 Å². The molecule has 0 spiro atoms. The van der Waals surface area contributed by atoms with E-state index < -0.39 is 23.4 Å². The number of hydrogen-bond acceptors (Lipinski definition) is 1. The fourth-order valence-electron chi connectivity index (χ4n) is 5.43. The van der Waals surface area contributed by atoms with Crippen molar-refractivity contribution in [2.45, 2.75) is 63.6 Å². The van der Waals surface area contributed by atoms with Crippen LogP contribution in [0.3, 0.4) is 0 Å². The number of hydrogen-bond donors (Lipinski definition) is 0. The molecular weight excluding hydrogens is 435 g/mol. The first kappa shape index (κ1) is 23.8. The molecule has 4 rings (SSSR count). The van der Waals surface area contributed by atoms with Crippen LogP contribution in [-0.2, 0) is 10.9 Å². The average molecular weight is 463 g/mol. The minimum absolute atomic E-state index is 0.136. The summed E-state index contributed by atoms with van der Waals surface area (Å²) in [4.78, 5) is 0. The molecule has 0 N–H and O–H groups in total. The Hall–Kier alpha value is -2.39. The van der Waals surface area contributed by atoms with Gasteiger partial charge in [0.2, 0.25) is 0 Å². The lowest BCUT2D eigenvalue weighted by atomic mass is 9.65. The highest BCUT2D eigenvalue weighted by Gasteiger charge is 2.38. The zero-order valence-corrected chi connectivity index (χ0v) is 18.5. The maximum absolute atomic E-state index is 13.7. The van der Waals surface area contributed by atoms with Crippen molar-refractivity contribution < 1.29 is 26.7 Å². The zero-order valence-electron chi connectivity index (χ0n) is 18.5. The van der Waals surface area contributed by atoms with Gasteiger partial charge in [0.15, 0.2) is 0 Å². The summed E-state index contributed by atoms with van der Waals surface area (Å²) in [5.74, 6) is 4.03. The summed E-state index contributed by atoms with van der Waals surface area (Å²) in [6, 6.07) is 9.02. The Morgan fingerprint density at radius 1 is 0.848 bits per heavy atom. The summed E-state index contributed by atoms with van der Waals surface area (Å²) in [5.41, 5.74) is -0.121. The number of ether oxygens (including phenoxy) is 1. The van der Waals surface area contributed by atoms with Gasteiger partial charge in [0.05, 0.1) is 6.10 Å². The molecule has 0 bridgehead atoms. The minimum atomic E-state index is -5.09. The van der Waals surface area contributed by atoms with Crippen molar-refractivity contribution in [3.8, 4) is 11.8 Å². The maximum atomic E-state index is 13.7. The number of benzene rings is 2. The highest BCUT2D eigenvalue weighted by molar-refractivity contribution is 5.45. The van der Waals surface area contributed by atoms with E-state index in [9.17, 15) is 22.0 Å². The average Bonchev–Trinajstić information content (AvgIpc) is 2.76. The Morgan fingerprint density at radius 3 is 2.09 bits per heavy atom. The molecule has 0 aliphatic heterocycles. The highest BCUT2D eigenvalue weighted by atomic mass is 19.4. The van der Waals surface area contributed by atoms with Crippen molar-refractivity contribution in [2.24, 2.45) is 11.8 Å². The van der Waals surface area contributed by atoms with Crippen molar-refractivity contribution >= 4 is 0 Å². The van der Waals surface area contributed by atoms with Crippen molar-refractivity contribution in [3.05, 3.63) is 70.3 Å². The monoisotopic (exact) mass is 462 g/mol. The third kappa shape index (κ3) is 5.58. The van der Waals surface area contributed by atoms with Crippen LogP contribution in [0.1, 0.15) is 73.6 Å². The largest absolute Gasteiger partial charge is 0.422 e. The van der Waals surface area contributed by atoms with Crippen LogP contribution >= 0.6 is 0 Å². The molecule has 0 aromatic heterocycles. The van der Waals surface area contributed by atoms with E-state index in [0.717, 1.165) is 31.3 Å². The third-order valence-corrected chi connectivity index (χ3v) is 7.03. The van der Waals surface area contributed by atoms with Crippen LogP contribution < -0.4 is 0 Å². The molecule has 2 aromatic carbocycles. The summed E-state index contributed by atoms with van der Waals surface area (Å²) in [5, 5.41) is 0. The van der Waals surface area contributed by atoms with Crippen LogP contribution in [0, 0.1) is 35.3 Å². The van der Waals surface area contributed by atoms with E-state index in [1.165, 1.54) is 31.2 Å². The van der Waals surface area contributed by atoms with Crippen molar-refractivity contribution in [2.75, 3.05) is 6.61 Å². The van der Waals surface area contributed by atoms with Crippen molar-refractivity contribution in [1.29, 1.82) is 0 Å². The Bertz CT molecular complexity index is 1010. The van der Waals surface area contributed by atoms with Crippen LogP contribution in [0.2, 0.25) is 0 Å². The van der Waals surface area contributed by atoms with Crippen LogP contribution in [0.5, 0.6) is 0 Å². The lowest BCUT2D eigenvalue weighted by molar-refractivity contribution is -0.142. The molecule has 0 heterocycles. The van der Waals surface area contributed by atoms with E-state index in [2.05, 4.69) is 18.8 Å². The van der Waals surface area contributed by atoms with Gasteiger partial charge >= 0.3 is 6.18 Å². The number of fused-ring (bicyclic) bond motifs is 1. The molecule has 33 heavy (non-hydrogen) atoms. The smallest absolute Gasteiger partial charge is 0.378 e. The van der Waals surface area contributed by atoms with Gasteiger partial charge in [-0.05, 0) is 93.0 Å². The molecule has 2 saturated carbocycles. The van der Waals surface area contributed by atoms with Gasteiger partial charge in [0.1, 0.15) is 17.2 Å². The van der Waals surface area contributed by atoms with Gasteiger partial charge in [0.25, 0.3) is 0 Å². The fourth-order valence-corrected chi connectivity index (χ4v) is 5.43. The van der Waals surface area contributed by atoms with Crippen LogP contribution in [-0.4, -0.2) is 12.7 Å². The minimum Gasteiger partial charge on any atom is -0.378 e. The molecule has 2 aliphatic carbocycles. The van der Waals surface area contributed by atoms with Crippen molar-refractivity contribution in [1.82, 2.24) is 0 Å². The maximum Gasteiger partial charge on any atom is 0.422 e. The van der Waals surface area contributed by atoms with E-state index in [-0.39, 0.29) is 5.56 Å². The number of alkyl halides is 3. The highest BCUT2D eigenvalue weighted by Crippen LogP contribution is 2.46. The Morgan fingerprint density at radius 2 is 1.45 bits per heavy atom. The fraction of sp³-hybridized carbons (Fsp3) is 0.481. The van der Waals surface area contributed by atoms with Crippen LogP contribution in [0.4, 0.5) is 22.0 Å². The summed E-state index contributed by atoms with van der Waals surface area (Å²) in [6.07, 6.45) is 2.40.